The molecule has 0 aliphatic rings. The zero-order valence-corrected chi connectivity index (χ0v) is 16.3. The fraction of sp³-hybridized carbons (Fsp3) is 0.105. The van der Waals surface area contributed by atoms with Crippen LogP contribution in [0.5, 0.6) is 0 Å². The Bertz CT molecular complexity index is 1000. The van der Waals surface area contributed by atoms with Gasteiger partial charge in [0.15, 0.2) is 5.16 Å². The van der Waals surface area contributed by atoms with Crippen molar-refractivity contribution in [1.82, 2.24) is 14.9 Å². The molecule has 1 aromatic heterocycles. The molecule has 2 aromatic carbocycles. The van der Waals surface area contributed by atoms with E-state index in [4.69, 9.17) is 11.6 Å². The molecule has 2 amide bonds. The lowest BCUT2D eigenvalue weighted by Gasteiger charge is -2.10. The number of carbonyl (C=O) groups excluding carboxylic acids is 2. The first-order valence-electron chi connectivity index (χ1n) is 8.04. The van der Waals surface area contributed by atoms with Crippen LogP contribution in [0.1, 0.15) is 20.7 Å². The Hall–Kier alpha value is -2.77. The molecular weight excluding hydrogens is 384 g/mol. The van der Waals surface area contributed by atoms with E-state index in [-0.39, 0.29) is 11.8 Å². The molecule has 0 atom stereocenters. The van der Waals surface area contributed by atoms with E-state index < -0.39 is 0 Å². The molecule has 1 heterocycles. The van der Waals surface area contributed by atoms with Crippen LogP contribution in [0.15, 0.2) is 60.0 Å². The van der Waals surface area contributed by atoms with Crippen LogP contribution in [0.4, 0.5) is 5.69 Å². The van der Waals surface area contributed by atoms with E-state index >= 15 is 0 Å². The third-order valence-corrected chi connectivity index (χ3v) is 4.87. The van der Waals surface area contributed by atoms with Gasteiger partial charge in [-0.05, 0) is 42.7 Å². The van der Waals surface area contributed by atoms with E-state index in [0.29, 0.717) is 21.8 Å². The number of anilines is 1. The van der Waals surface area contributed by atoms with E-state index in [1.165, 1.54) is 18.8 Å². The molecule has 0 unspecified atom stereocenters. The molecule has 0 saturated heterocycles. The first kappa shape index (κ1) is 19.0. The first-order chi connectivity index (χ1) is 13.0. The molecule has 8 heteroatoms. The SMILES string of the molecule is CNC(=O)c1cc(NC(=O)c2cccc(-n3ccnc3SC)c2)ccc1Cl. The van der Waals surface area contributed by atoms with Gasteiger partial charge in [-0.1, -0.05) is 29.4 Å². The summed E-state index contributed by atoms with van der Waals surface area (Å²) in [6.07, 6.45) is 5.50. The summed E-state index contributed by atoms with van der Waals surface area (Å²) in [4.78, 5) is 28.8. The lowest BCUT2D eigenvalue weighted by atomic mass is 10.1. The fourth-order valence-corrected chi connectivity index (χ4v) is 3.28. The Labute approximate surface area is 165 Å². The number of thioether (sulfide) groups is 1. The lowest BCUT2D eigenvalue weighted by Crippen LogP contribution is -2.19. The summed E-state index contributed by atoms with van der Waals surface area (Å²) in [5, 5.41) is 6.47. The van der Waals surface area contributed by atoms with Crippen LogP contribution in [-0.2, 0) is 0 Å². The van der Waals surface area contributed by atoms with Gasteiger partial charge in [0.25, 0.3) is 11.8 Å². The third-order valence-electron chi connectivity index (χ3n) is 3.87. The van der Waals surface area contributed by atoms with Crippen LogP contribution in [-0.4, -0.2) is 34.7 Å². The molecule has 0 aliphatic carbocycles. The summed E-state index contributed by atoms with van der Waals surface area (Å²) in [5.74, 6) is -0.601. The summed E-state index contributed by atoms with van der Waals surface area (Å²) < 4.78 is 1.91. The van der Waals surface area contributed by atoms with Gasteiger partial charge >= 0.3 is 0 Å². The Morgan fingerprint density at radius 1 is 1.15 bits per heavy atom. The summed E-state index contributed by atoms with van der Waals surface area (Å²) in [6, 6.07) is 12.0. The minimum atomic E-state index is -0.317. The average Bonchev–Trinajstić information content (AvgIpc) is 3.17. The predicted octanol–water partition coefficient (Wildman–Crippen LogP) is 3.86. The number of hydrogen-bond donors (Lipinski definition) is 2. The monoisotopic (exact) mass is 400 g/mol. The molecule has 6 nitrogen and oxygen atoms in total. The van der Waals surface area contributed by atoms with E-state index in [0.717, 1.165) is 10.8 Å². The second-order valence-electron chi connectivity index (χ2n) is 5.56. The molecule has 27 heavy (non-hydrogen) atoms. The minimum absolute atomic E-state index is 0.284. The maximum Gasteiger partial charge on any atom is 0.255 e. The maximum atomic E-state index is 12.7. The van der Waals surface area contributed by atoms with Gasteiger partial charge in [0.1, 0.15) is 0 Å². The number of nitrogens with zero attached hydrogens (tertiary/aromatic N) is 2. The van der Waals surface area contributed by atoms with Crippen molar-refractivity contribution in [2.75, 3.05) is 18.6 Å². The number of halogens is 1. The van der Waals surface area contributed by atoms with Crippen molar-refractivity contribution in [3.05, 3.63) is 71.0 Å². The molecule has 0 radical (unpaired) electrons. The van der Waals surface area contributed by atoms with Gasteiger partial charge in [-0.25, -0.2) is 4.98 Å². The van der Waals surface area contributed by atoms with E-state index in [1.807, 2.05) is 29.2 Å². The molecule has 0 aliphatic heterocycles. The highest BCUT2D eigenvalue weighted by atomic mass is 35.5. The van der Waals surface area contributed by atoms with Crippen molar-refractivity contribution in [2.45, 2.75) is 5.16 Å². The summed E-state index contributed by atoms with van der Waals surface area (Å²) in [7, 11) is 1.52. The summed E-state index contributed by atoms with van der Waals surface area (Å²) in [6.45, 7) is 0. The highest BCUT2D eigenvalue weighted by Crippen LogP contribution is 2.22. The number of benzene rings is 2. The number of nitrogens with one attached hydrogen (secondary N) is 2. The zero-order chi connectivity index (χ0) is 19.4. The topological polar surface area (TPSA) is 76.0 Å². The lowest BCUT2D eigenvalue weighted by molar-refractivity contribution is 0.0961. The number of carbonyl (C=O) groups is 2. The summed E-state index contributed by atoms with van der Waals surface area (Å²) in [5.41, 5.74) is 2.12. The minimum Gasteiger partial charge on any atom is -0.355 e. The third kappa shape index (κ3) is 4.15. The van der Waals surface area contributed by atoms with Crippen LogP contribution in [0.2, 0.25) is 5.02 Å². The number of amides is 2. The Kier molecular flexibility index (Phi) is 5.83. The van der Waals surface area contributed by atoms with Crippen LogP contribution in [0, 0.1) is 0 Å². The molecule has 0 fully saturated rings. The molecule has 3 rings (SSSR count). The van der Waals surface area contributed by atoms with Crippen LogP contribution in [0.3, 0.4) is 0 Å². The Morgan fingerprint density at radius 3 is 2.70 bits per heavy atom. The van der Waals surface area contributed by atoms with Crippen molar-refractivity contribution in [2.24, 2.45) is 0 Å². The van der Waals surface area contributed by atoms with Gasteiger partial charge in [0.2, 0.25) is 0 Å². The van der Waals surface area contributed by atoms with Crippen molar-refractivity contribution in [3.8, 4) is 5.69 Å². The zero-order valence-electron chi connectivity index (χ0n) is 14.7. The van der Waals surface area contributed by atoms with E-state index in [9.17, 15) is 9.59 Å². The number of aromatic nitrogens is 2. The van der Waals surface area contributed by atoms with Crippen molar-refractivity contribution >= 4 is 40.9 Å². The van der Waals surface area contributed by atoms with Crippen LogP contribution >= 0.6 is 23.4 Å². The largest absolute Gasteiger partial charge is 0.355 e. The molecule has 0 bridgehead atoms. The van der Waals surface area contributed by atoms with Crippen LogP contribution < -0.4 is 10.6 Å². The maximum absolute atomic E-state index is 12.7. The molecule has 0 saturated carbocycles. The van der Waals surface area contributed by atoms with Crippen molar-refractivity contribution in [1.29, 1.82) is 0 Å². The van der Waals surface area contributed by atoms with Gasteiger partial charge in [-0.2, -0.15) is 0 Å². The normalized spacial score (nSPS) is 10.5. The molecule has 3 aromatic rings. The average molecular weight is 401 g/mol. The van der Waals surface area contributed by atoms with Gasteiger partial charge in [-0.3, -0.25) is 14.2 Å². The number of rotatable bonds is 5. The standard InChI is InChI=1S/C19H17ClN4O2S/c1-21-18(26)15-11-13(6-7-16(15)20)23-17(25)12-4-3-5-14(10-12)24-9-8-22-19(24)27-2/h3-11H,1-2H3,(H,21,26)(H,23,25). The van der Waals surface area contributed by atoms with Gasteiger partial charge in [0, 0.05) is 36.4 Å². The number of hydrogen-bond acceptors (Lipinski definition) is 4. The molecule has 138 valence electrons. The van der Waals surface area contributed by atoms with Gasteiger partial charge in [0.05, 0.1) is 10.6 Å². The highest BCUT2D eigenvalue weighted by Gasteiger charge is 2.13. The predicted molar refractivity (Wildman–Crippen MR) is 108 cm³/mol. The highest BCUT2D eigenvalue weighted by molar-refractivity contribution is 7.98. The molecule has 0 spiro atoms. The first-order valence-corrected chi connectivity index (χ1v) is 9.64. The van der Waals surface area contributed by atoms with Gasteiger partial charge in [-0.15, -0.1) is 0 Å². The van der Waals surface area contributed by atoms with E-state index in [2.05, 4.69) is 15.6 Å². The van der Waals surface area contributed by atoms with E-state index in [1.54, 1.807) is 36.5 Å². The second kappa shape index (κ2) is 8.28. The number of imidazole rings is 1. The van der Waals surface area contributed by atoms with Crippen molar-refractivity contribution < 1.29 is 9.59 Å². The quantitative estimate of drug-likeness (QED) is 0.637. The van der Waals surface area contributed by atoms with Crippen LogP contribution in [0.25, 0.3) is 5.69 Å². The smallest absolute Gasteiger partial charge is 0.255 e. The summed E-state index contributed by atoms with van der Waals surface area (Å²) >= 11 is 7.57. The Balaban J connectivity index is 1.85. The fourth-order valence-electron chi connectivity index (χ4n) is 2.55. The Morgan fingerprint density at radius 2 is 1.96 bits per heavy atom. The molecule has 2 N–H and O–H groups in total. The molecular formula is C19H17ClN4O2S. The van der Waals surface area contributed by atoms with Crippen molar-refractivity contribution in [3.63, 3.8) is 0 Å². The van der Waals surface area contributed by atoms with Gasteiger partial charge < -0.3 is 10.6 Å². The second-order valence-corrected chi connectivity index (χ2v) is 6.74.